The number of nitrogens with two attached hydrogens (primary N) is 1. The molecule has 20 heavy (non-hydrogen) atoms. The molecule has 0 radical (unpaired) electrons. The molecule has 3 nitrogen and oxygen atoms in total. The van der Waals surface area contributed by atoms with Crippen molar-refractivity contribution < 1.29 is 0 Å². The van der Waals surface area contributed by atoms with Gasteiger partial charge in [0.2, 0.25) is 0 Å². The number of para-hydroxylation sites is 1. The molecule has 1 fully saturated rings. The summed E-state index contributed by atoms with van der Waals surface area (Å²) < 4.78 is 0. The van der Waals surface area contributed by atoms with Gasteiger partial charge in [-0.25, -0.2) is 0 Å². The summed E-state index contributed by atoms with van der Waals surface area (Å²) in [7, 11) is 0. The Balaban J connectivity index is 1.89. The van der Waals surface area contributed by atoms with Gasteiger partial charge in [0.15, 0.2) is 0 Å². The Morgan fingerprint density at radius 1 is 1.30 bits per heavy atom. The molecule has 1 heterocycles. The average molecular weight is 269 g/mol. The van der Waals surface area contributed by atoms with Gasteiger partial charge in [-0.3, -0.25) is 4.98 Å². The number of nitrogen functional groups attached to an aromatic ring is 1. The molecular formula is C17H23N3. The van der Waals surface area contributed by atoms with Gasteiger partial charge in [-0.05, 0) is 36.8 Å². The molecule has 1 atom stereocenters. The van der Waals surface area contributed by atoms with Crippen molar-refractivity contribution in [1.29, 1.82) is 0 Å². The fourth-order valence-electron chi connectivity index (χ4n) is 3.37. The standard InChI is InChI=1S/C17H23N3/c1-17(2)9-4-5-12(11-17)20-15-8-10-19-16-13(15)6-3-7-14(16)18/h3,6-8,10,12H,4-5,9,11,18H2,1-2H3,(H,19,20). The van der Waals surface area contributed by atoms with Crippen LogP contribution in [0.1, 0.15) is 39.5 Å². The van der Waals surface area contributed by atoms with Crippen LogP contribution in [0.25, 0.3) is 10.9 Å². The van der Waals surface area contributed by atoms with Gasteiger partial charge in [-0.15, -0.1) is 0 Å². The highest BCUT2D eigenvalue weighted by atomic mass is 14.9. The van der Waals surface area contributed by atoms with Crippen LogP contribution >= 0.6 is 0 Å². The van der Waals surface area contributed by atoms with E-state index in [0.29, 0.717) is 11.5 Å². The Morgan fingerprint density at radius 2 is 2.15 bits per heavy atom. The Labute approximate surface area is 120 Å². The van der Waals surface area contributed by atoms with E-state index in [1.54, 1.807) is 0 Å². The lowest BCUT2D eigenvalue weighted by Gasteiger charge is -2.36. The molecule has 1 aromatic carbocycles. The SMILES string of the molecule is CC1(C)CCCC(Nc2ccnc3c(N)cccc23)C1. The minimum absolute atomic E-state index is 0.442. The molecule has 1 aliphatic carbocycles. The lowest BCUT2D eigenvalue weighted by Crippen LogP contribution is -2.31. The van der Waals surface area contributed by atoms with E-state index in [-0.39, 0.29) is 0 Å². The third-order valence-electron chi connectivity index (χ3n) is 4.37. The van der Waals surface area contributed by atoms with Crippen molar-refractivity contribution in [2.75, 3.05) is 11.1 Å². The quantitative estimate of drug-likeness (QED) is 0.803. The molecule has 0 saturated heterocycles. The molecule has 1 saturated carbocycles. The summed E-state index contributed by atoms with van der Waals surface area (Å²) in [6.45, 7) is 4.73. The highest BCUT2D eigenvalue weighted by Crippen LogP contribution is 2.37. The zero-order valence-corrected chi connectivity index (χ0v) is 12.3. The van der Waals surface area contributed by atoms with Crippen LogP contribution in [-0.4, -0.2) is 11.0 Å². The summed E-state index contributed by atoms with van der Waals surface area (Å²) in [5.41, 5.74) is 9.25. The fourth-order valence-corrected chi connectivity index (χ4v) is 3.37. The summed E-state index contributed by atoms with van der Waals surface area (Å²) >= 11 is 0. The number of nitrogens with zero attached hydrogens (tertiary/aromatic N) is 1. The lowest BCUT2D eigenvalue weighted by molar-refractivity contribution is 0.229. The van der Waals surface area contributed by atoms with Crippen molar-refractivity contribution in [1.82, 2.24) is 4.98 Å². The molecule has 3 heteroatoms. The van der Waals surface area contributed by atoms with E-state index in [1.165, 1.54) is 25.7 Å². The van der Waals surface area contributed by atoms with E-state index in [0.717, 1.165) is 22.3 Å². The van der Waals surface area contributed by atoms with Gasteiger partial charge < -0.3 is 11.1 Å². The van der Waals surface area contributed by atoms with Gasteiger partial charge in [-0.1, -0.05) is 32.4 Å². The first-order valence-corrected chi connectivity index (χ1v) is 7.45. The van der Waals surface area contributed by atoms with Crippen molar-refractivity contribution in [3.63, 3.8) is 0 Å². The number of aromatic nitrogens is 1. The third kappa shape index (κ3) is 2.58. The molecule has 1 aliphatic rings. The highest BCUT2D eigenvalue weighted by Gasteiger charge is 2.28. The lowest BCUT2D eigenvalue weighted by atomic mass is 9.75. The predicted molar refractivity (Wildman–Crippen MR) is 85.8 cm³/mol. The van der Waals surface area contributed by atoms with Crippen LogP contribution in [0.4, 0.5) is 11.4 Å². The van der Waals surface area contributed by atoms with E-state index in [2.05, 4.69) is 36.3 Å². The number of hydrogen-bond donors (Lipinski definition) is 2. The number of benzene rings is 1. The first-order valence-electron chi connectivity index (χ1n) is 7.45. The van der Waals surface area contributed by atoms with Crippen LogP contribution in [0, 0.1) is 5.41 Å². The van der Waals surface area contributed by atoms with Crippen molar-refractivity contribution >= 4 is 22.3 Å². The second-order valence-electron chi connectivity index (χ2n) is 6.70. The van der Waals surface area contributed by atoms with Gasteiger partial charge in [0.1, 0.15) is 0 Å². The molecule has 1 unspecified atom stereocenters. The van der Waals surface area contributed by atoms with Crippen molar-refractivity contribution in [3.05, 3.63) is 30.5 Å². The number of hydrogen-bond acceptors (Lipinski definition) is 3. The summed E-state index contributed by atoms with van der Waals surface area (Å²) in [4.78, 5) is 4.40. The zero-order chi connectivity index (χ0) is 14.2. The largest absolute Gasteiger partial charge is 0.397 e. The highest BCUT2D eigenvalue weighted by molar-refractivity contribution is 5.97. The molecule has 0 amide bonds. The number of pyridine rings is 1. The molecule has 0 aliphatic heterocycles. The number of nitrogens with one attached hydrogen (secondary N) is 1. The Kier molecular flexibility index (Phi) is 3.28. The Hall–Kier alpha value is -1.77. The van der Waals surface area contributed by atoms with Gasteiger partial charge in [0.25, 0.3) is 0 Å². The maximum absolute atomic E-state index is 6.01. The maximum atomic E-state index is 6.01. The molecule has 2 aromatic rings. The second-order valence-corrected chi connectivity index (χ2v) is 6.70. The normalized spacial score (nSPS) is 21.8. The summed E-state index contributed by atoms with van der Waals surface area (Å²) in [5.74, 6) is 0. The molecule has 1 aromatic heterocycles. The number of rotatable bonds is 2. The first-order chi connectivity index (χ1) is 9.55. The van der Waals surface area contributed by atoms with Crippen molar-refractivity contribution in [3.8, 4) is 0 Å². The summed E-state index contributed by atoms with van der Waals surface area (Å²) in [5, 5.41) is 4.83. The van der Waals surface area contributed by atoms with Crippen LogP contribution < -0.4 is 11.1 Å². The van der Waals surface area contributed by atoms with Gasteiger partial charge >= 0.3 is 0 Å². The summed E-state index contributed by atoms with van der Waals surface area (Å²) in [6.07, 6.45) is 6.94. The summed E-state index contributed by atoms with van der Waals surface area (Å²) in [6, 6.07) is 8.60. The number of fused-ring (bicyclic) bond motifs is 1. The topological polar surface area (TPSA) is 50.9 Å². The Morgan fingerprint density at radius 3 is 2.95 bits per heavy atom. The molecule has 0 spiro atoms. The van der Waals surface area contributed by atoms with E-state index in [9.17, 15) is 0 Å². The molecule has 3 rings (SSSR count). The third-order valence-corrected chi connectivity index (χ3v) is 4.37. The Bertz CT molecular complexity index is 619. The van der Waals surface area contributed by atoms with Crippen molar-refractivity contribution in [2.24, 2.45) is 5.41 Å². The van der Waals surface area contributed by atoms with Crippen LogP contribution in [0.3, 0.4) is 0 Å². The fraction of sp³-hybridized carbons (Fsp3) is 0.471. The maximum Gasteiger partial charge on any atom is 0.0951 e. The molecule has 0 bridgehead atoms. The van der Waals surface area contributed by atoms with Gasteiger partial charge in [-0.2, -0.15) is 0 Å². The van der Waals surface area contributed by atoms with E-state index in [1.807, 2.05) is 18.3 Å². The molecule has 106 valence electrons. The van der Waals surface area contributed by atoms with E-state index in [4.69, 9.17) is 5.73 Å². The van der Waals surface area contributed by atoms with Gasteiger partial charge in [0.05, 0.1) is 11.2 Å². The zero-order valence-electron chi connectivity index (χ0n) is 12.3. The number of anilines is 2. The van der Waals surface area contributed by atoms with Crippen LogP contribution in [0.2, 0.25) is 0 Å². The average Bonchev–Trinajstić information content (AvgIpc) is 2.39. The smallest absolute Gasteiger partial charge is 0.0951 e. The van der Waals surface area contributed by atoms with Crippen LogP contribution in [0.15, 0.2) is 30.5 Å². The van der Waals surface area contributed by atoms with E-state index >= 15 is 0 Å². The van der Waals surface area contributed by atoms with Gasteiger partial charge in [0, 0.05) is 23.3 Å². The van der Waals surface area contributed by atoms with Crippen molar-refractivity contribution in [2.45, 2.75) is 45.6 Å². The minimum atomic E-state index is 0.442. The predicted octanol–water partition coefficient (Wildman–Crippen LogP) is 4.20. The molecular weight excluding hydrogens is 246 g/mol. The second kappa shape index (κ2) is 4.97. The van der Waals surface area contributed by atoms with E-state index < -0.39 is 0 Å². The monoisotopic (exact) mass is 269 g/mol. The molecule has 3 N–H and O–H groups in total. The first kappa shape index (κ1) is 13.2. The minimum Gasteiger partial charge on any atom is -0.397 e. The van der Waals surface area contributed by atoms with Crippen LogP contribution in [-0.2, 0) is 0 Å². The van der Waals surface area contributed by atoms with Crippen LogP contribution in [0.5, 0.6) is 0 Å².